The van der Waals surface area contributed by atoms with E-state index in [1.54, 1.807) is 36.4 Å². The van der Waals surface area contributed by atoms with Crippen molar-refractivity contribution >= 4 is 45.4 Å². The van der Waals surface area contributed by atoms with Gasteiger partial charge in [-0.2, -0.15) is 0 Å². The number of fused-ring (bicyclic) bond motifs is 5. The Labute approximate surface area is 182 Å². The third-order valence-electron chi connectivity index (χ3n) is 5.66. The number of halogens is 1. The van der Waals surface area contributed by atoms with E-state index in [2.05, 4.69) is 5.32 Å². The molecule has 0 spiro atoms. The summed E-state index contributed by atoms with van der Waals surface area (Å²) in [6.45, 7) is 0.0910. The van der Waals surface area contributed by atoms with Crippen molar-refractivity contribution in [1.29, 1.82) is 0 Å². The maximum atomic E-state index is 12.7. The van der Waals surface area contributed by atoms with Gasteiger partial charge in [-0.1, -0.05) is 29.8 Å². The molecule has 0 saturated heterocycles. The number of hydrogen-bond acceptors (Lipinski definition) is 5. The van der Waals surface area contributed by atoms with Gasteiger partial charge >= 0.3 is 0 Å². The summed E-state index contributed by atoms with van der Waals surface area (Å²) in [5.74, 6) is -0.911. The maximum Gasteiger partial charge on any atom is 0.259 e. The van der Waals surface area contributed by atoms with Gasteiger partial charge in [-0.25, -0.2) is 0 Å². The van der Waals surface area contributed by atoms with Crippen molar-refractivity contribution in [2.24, 2.45) is 0 Å². The molecule has 0 unspecified atom stereocenters. The second-order valence-corrected chi connectivity index (χ2v) is 7.98. The first-order chi connectivity index (χ1) is 15.0. The number of aromatic hydroxyl groups is 1. The number of furan rings is 1. The topological polar surface area (TPSA) is 99.8 Å². The molecule has 0 saturated carbocycles. The van der Waals surface area contributed by atoms with Gasteiger partial charge in [-0.15, -0.1) is 0 Å². The first kappa shape index (κ1) is 19.6. The van der Waals surface area contributed by atoms with Crippen LogP contribution in [0.1, 0.15) is 39.1 Å². The van der Waals surface area contributed by atoms with Gasteiger partial charge in [0.2, 0.25) is 0 Å². The fourth-order valence-corrected chi connectivity index (χ4v) is 4.46. The Hall–Kier alpha value is -3.35. The molecule has 0 atom stereocenters. The molecule has 31 heavy (non-hydrogen) atoms. The summed E-state index contributed by atoms with van der Waals surface area (Å²) in [4.78, 5) is 25.4. The number of amides is 2. The lowest BCUT2D eigenvalue weighted by Crippen LogP contribution is -2.20. The van der Waals surface area contributed by atoms with Gasteiger partial charge in [0.25, 0.3) is 11.8 Å². The maximum absolute atomic E-state index is 12.7. The lowest BCUT2D eigenvalue weighted by Gasteiger charge is -2.09. The number of phenols is 1. The summed E-state index contributed by atoms with van der Waals surface area (Å²) >= 11 is 6.38. The van der Waals surface area contributed by atoms with Gasteiger partial charge < -0.3 is 14.6 Å². The number of imide groups is 1. The fraction of sp³-hybridized carbons (Fsp3) is 0.167. The van der Waals surface area contributed by atoms with E-state index >= 15 is 0 Å². The highest BCUT2D eigenvalue weighted by Gasteiger charge is 2.34. The van der Waals surface area contributed by atoms with Crippen molar-refractivity contribution in [3.63, 3.8) is 0 Å². The SMILES string of the molecule is O=C1NC(=O)c2c1c(-c1ccccc1Cl)cc1oc3cc(CCCCO)c(O)cc3c21. The zero-order valence-corrected chi connectivity index (χ0v) is 17.1. The van der Waals surface area contributed by atoms with Gasteiger partial charge in [0.15, 0.2) is 0 Å². The number of unbranched alkanes of at least 4 members (excludes halogenated alkanes) is 1. The van der Waals surface area contributed by atoms with Crippen LogP contribution in [0.25, 0.3) is 33.1 Å². The second kappa shape index (κ2) is 7.41. The van der Waals surface area contributed by atoms with Crippen LogP contribution in [0, 0.1) is 0 Å². The zero-order valence-electron chi connectivity index (χ0n) is 16.4. The van der Waals surface area contributed by atoms with Crippen LogP contribution in [0.3, 0.4) is 0 Å². The van der Waals surface area contributed by atoms with Crippen molar-refractivity contribution in [1.82, 2.24) is 5.32 Å². The first-order valence-electron chi connectivity index (χ1n) is 9.96. The van der Waals surface area contributed by atoms with E-state index in [1.165, 1.54) is 0 Å². The number of benzene rings is 3. The van der Waals surface area contributed by atoms with Crippen LogP contribution < -0.4 is 5.32 Å². The third kappa shape index (κ3) is 3.07. The monoisotopic (exact) mass is 435 g/mol. The Balaban J connectivity index is 1.80. The average Bonchev–Trinajstić information content (AvgIpc) is 3.24. The summed E-state index contributed by atoms with van der Waals surface area (Å²) in [6, 6.07) is 12.1. The van der Waals surface area contributed by atoms with E-state index in [0.717, 1.165) is 6.42 Å². The number of nitrogens with one attached hydrogen (secondary N) is 1. The average molecular weight is 436 g/mol. The molecule has 6 nitrogen and oxygen atoms in total. The molecule has 4 aromatic rings. The van der Waals surface area contributed by atoms with Crippen molar-refractivity contribution in [3.8, 4) is 16.9 Å². The van der Waals surface area contributed by atoms with Crippen LogP contribution in [-0.2, 0) is 6.42 Å². The summed E-state index contributed by atoms with van der Waals surface area (Å²) in [6.07, 6.45) is 1.94. The van der Waals surface area contributed by atoms with E-state index < -0.39 is 11.8 Å². The quantitative estimate of drug-likeness (QED) is 0.308. The number of aliphatic hydroxyl groups excluding tert-OH is 1. The highest BCUT2D eigenvalue weighted by molar-refractivity contribution is 6.35. The van der Waals surface area contributed by atoms with Gasteiger partial charge in [0.1, 0.15) is 16.9 Å². The molecule has 5 rings (SSSR count). The number of carbonyl (C=O) groups excluding carboxylic acids is 2. The minimum atomic E-state index is -0.506. The molecule has 1 aliphatic rings. The van der Waals surface area contributed by atoms with Gasteiger partial charge in [0, 0.05) is 33.5 Å². The Morgan fingerprint density at radius 2 is 1.71 bits per heavy atom. The van der Waals surface area contributed by atoms with Gasteiger partial charge in [-0.05, 0) is 49.1 Å². The van der Waals surface area contributed by atoms with Crippen molar-refractivity contribution in [2.45, 2.75) is 19.3 Å². The Bertz CT molecular complexity index is 1390. The van der Waals surface area contributed by atoms with Crippen LogP contribution in [-0.4, -0.2) is 28.6 Å². The highest BCUT2D eigenvalue weighted by Crippen LogP contribution is 2.43. The summed E-state index contributed by atoms with van der Waals surface area (Å²) in [5.41, 5.74) is 3.26. The molecule has 0 fully saturated rings. The van der Waals surface area contributed by atoms with Crippen molar-refractivity contribution in [2.75, 3.05) is 6.61 Å². The van der Waals surface area contributed by atoms with Crippen LogP contribution in [0.2, 0.25) is 5.02 Å². The Morgan fingerprint density at radius 1 is 0.935 bits per heavy atom. The van der Waals surface area contributed by atoms with E-state index in [4.69, 9.17) is 21.1 Å². The summed E-state index contributed by atoms with van der Waals surface area (Å²) in [5, 5.41) is 23.4. The number of aryl methyl sites for hydroxylation is 1. The molecule has 7 heteroatoms. The Morgan fingerprint density at radius 3 is 2.48 bits per heavy atom. The van der Waals surface area contributed by atoms with Crippen LogP contribution in [0.15, 0.2) is 46.9 Å². The molecule has 0 bridgehead atoms. The number of rotatable bonds is 5. The molecule has 156 valence electrons. The molecule has 2 amide bonds. The number of phenolic OH excluding ortho intramolecular Hbond substituents is 1. The van der Waals surface area contributed by atoms with Gasteiger partial charge in [0.05, 0.1) is 11.1 Å². The highest BCUT2D eigenvalue weighted by atomic mass is 35.5. The van der Waals surface area contributed by atoms with E-state index in [0.29, 0.717) is 56.5 Å². The smallest absolute Gasteiger partial charge is 0.259 e. The number of carbonyl (C=O) groups is 2. The fourth-order valence-electron chi connectivity index (χ4n) is 4.23. The largest absolute Gasteiger partial charge is 0.508 e. The molecule has 3 aromatic carbocycles. The second-order valence-electron chi connectivity index (χ2n) is 7.57. The molecular weight excluding hydrogens is 418 g/mol. The minimum Gasteiger partial charge on any atom is -0.508 e. The van der Waals surface area contributed by atoms with E-state index in [-0.39, 0.29) is 23.5 Å². The minimum absolute atomic E-state index is 0.0850. The molecule has 1 aliphatic heterocycles. The summed E-state index contributed by atoms with van der Waals surface area (Å²) in [7, 11) is 0. The van der Waals surface area contributed by atoms with E-state index in [1.807, 2.05) is 6.07 Å². The summed E-state index contributed by atoms with van der Waals surface area (Å²) < 4.78 is 6.07. The molecule has 3 N–H and O–H groups in total. The van der Waals surface area contributed by atoms with Crippen LogP contribution in [0.4, 0.5) is 0 Å². The lowest BCUT2D eigenvalue weighted by atomic mass is 9.92. The predicted octanol–water partition coefficient (Wildman–Crippen LogP) is 4.81. The Kier molecular flexibility index (Phi) is 4.68. The normalized spacial score (nSPS) is 13.2. The van der Waals surface area contributed by atoms with E-state index in [9.17, 15) is 14.7 Å². The molecule has 0 radical (unpaired) electrons. The lowest BCUT2D eigenvalue weighted by molar-refractivity contribution is 0.0880. The standard InChI is InChI=1S/C24H18ClNO5/c25-16-7-2-1-6-13(16)14-11-19-20(22-21(14)23(29)26-24(22)30)15-10-17(28)12(5-3-4-8-27)9-18(15)31-19/h1-2,6-7,9-11,27-28H,3-5,8H2,(H,26,29,30). The zero-order chi connectivity index (χ0) is 21.7. The molecule has 1 aromatic heterocycles. The number of aliphatic hydroxyl groups is 1. The van der Waals surface area contributed by atoms with Gasteiger partial charge in [-0.3, -0.25) is 14.9 Å². The first-order valence-corrected chi connectivity index (χ1v) is 10.3. The predicted molar refractivity (Wildman–Crippen MR) is 118 cm³/mol. The van der Waals surface area contributed by atoms with Crippen LogP contribution in [0.5, 0.6) is 5.75 Å². The molecule has 0 aliphatic carbocycles. The third-order valence-corrected chi connectivity index (χ3v) is 5.99. The number of hydrogen-bond donors (Lipinski definition) is 3. The van der Waals surface area contributed by atoms with Crippen molar-refractivity contribution in [3.05, 3.63) is 64.2 Å². The molecular formula is C24H18ClNO5. The van der Waals surface area contributed by atoms with Crippen LogP contribution >= 0.6 is 11.6 Å². The van der Waals surface area contributed by atoms with Crippen molar-refractivity contribution < 1.29 is 24.2 Å². The molecule has 2 heterocycles.